The molecular formula is C23H17F2NO3S. The minimum Gasteiger partial charge on any atom is -0.341 e. The Hall–Kier alpha value is -3.32. The Labute approximate surface area is 172 Å². The molecule has 152 valence electrons. The fourth-order valence-corrected chi connectivity index (χ4v) is 4.75. The Balaban J connectivity index is 1.99. The maximum atomic E-state index is 13.9. The van der Waals surface area contributed by atoms with E-state index >= 15 is 0 Å². The quantitative estimate of drug-likeness (QED) is 0.454. The lowest BCUT2D eigenvalue weighted by molar-refractivity contribution is 0.592. The van der Waals surface area contributed by atoms with Crippen molar-refractivity contribution in [2.75, 3.05) is 0 Å². The van der Waals surface area contributed by atoms with E-state index in [1.54, 1.807) is 4.57 Å². The highest BCUT2D eigenvalue weighted by molar-refractivity contribution is 7.91. The largest absolute Gasteiger partial charge is 0.341 e. The lowest BCUT2D eigenvalue weighted by Crippen LogP contribution is -2.20. The van der Waals surface area contributed by atoms with Gasteiger partial charge in [-0.2, -0.15) is 0 Å². The molecule has 0 atom stereocenters. The van der Waals surface area contributed by atoms with Crippen LogP contribution in [0.4, 0.5) is 8.78 Å². The van der Waals surface area contributed by atoms with E-state index in [0.717, 1.165) is 41.5 Å². The van der Waals surface area contributed by atoms with Crippen LogP contribution in [-0.2, 0) is 16.4 Å². The molecule has 1 aromatic heterocycles. The van der Waals surface area contributed by atoms with Crippen LogP contribution in [0.3, 0.4) is 0 Å². The summed E-state index contributed by atoms with van der Waals surface area (Å²) in [6, 6.07) is 15.5. The molecule has 30 heavy (non-hydrogen) atoms. The number of hydrogen-bond acceptors (Lipinski definition) is 3. The first kappa shape index (κ1) is 20.0. The van der Waals surface area contributed by atoms with Gasteiger partial charge in [0.25, 0.3) is 0 Å². The Bertz CT molecular complexity index is 1430. The summed E-state index contributed by atoms with van der Waals surface area (Å²) in [5.41, 5.74) is 1.55. The van der Waals surface area contributed by atoms with E-state index in [4.69, 9.17) is 0 Å². The van der Waals surface area contributed by atoms with E-state index in [2.05, 4.69) is 0 Å². The summed E-state index contributed by atoms with van der Waals surface area (Å²) in [5, 5.41) is -0.0354. The number of fused-ring (bicyclic) bond motifs is 1. The van der Waals surface area contributed by atoms with Crippen LogP contribution >= 0.6 is 0 Å². The molecule has 0 amide bonds. The second kappa shape index (κ2) is 7.50. The number of aromatic nitrogens is 1. The van der Waals surface area contributed by atoms with Crippen molar-refractivity contribution in [2.45, 2.75) is 23.3 Å². The summed E-state index contributed by atoms with van der Waals surface area (Å²) < 4.78 is 55.0. The highest BCUT2D eigenvalue weighted by atomic mass is 32.2. The predicted octanol–water partition coefficient (Wildman–Crippen LogP) is 4.47. The fourth-order valence-electron chi connectivity index (χ4n) is 3.38. The second-order valence-electron chi connectivity index (χ2n) is 7.00. The van der Waals surface area contributed by atoms with Crippen molar-refractivity contribution in [1.29, 1.82) is 0 Å². The molecule has 0 aliphatic carbocycles. The molecule has 0 aliphatic heterocycles. The number of hydrogen-bond donors (Lipinski definition) is 0. The van der Waals surface area contributed by atoms with Crippen molar-refractivity contribution >= 4 is 20.7 Å². The zero-order chi connectivity index (χ0) is 21.5. The van der Waals surface area contributed by atoms with Crippen LogP contribution in [0.2, 0.25) is 0 Å². The summed E-state index contributed by atoms with van der Waals surface area (Å²) in [5.74, 6) is -1.23. The third-order valence-corrected chi connectivity index (χ3v) is 6.79. The van der Waals surface area contributed by atoms with Crippen LogP contribution in [-0.4, -0.2) is 13.0 Å². The topological polar surface area (TPSA) is 56.1 Å². The number of nitrogens with zero attached hydrogens (tertiary/aromatic N) is 1. The summed E-state index contributed by atoms with van der Waals surface area (Å²) in [4.78, 5) is 12.3. The number of halogens is 2. The Kier molecular flexibility index (Phi) is 4.99. The maximum absolute atomic E-state index is 13.9. The van der Waals surface area contributed by atoms with Gasteiger partial charge in [0, 0.05) is 18.1 Å². The smallest absolute Gasteiger partial charge is 0.211 e. The molecule has 1 heterocycles. The van der Waals surface area contributed by atoms with Crippen molar-refractivity contribution in [3.8, 4) is 0 Å². The van der Waals surface area contributed by atoms with Gasteiger partial charge in [-0.1, -0.05) is 24.3 Å². The SMILES string of the molecule is Cc1ccccc1Cn1cc(S(=O)(=O)c2ccc(F)cc2)c(=O)c2cc(F)ccc21. The Morgan fingerprint density at radius 1 is 0.900 bits per heavy atom. The van der Waals surface area contributed by atoms with E-state index < -0.39 is 31.8 Å². The third kappa shape index (κ3) is 3.52. The van der Waals surface area contributed by atoms with Crippen LogP contribution in [0, 0.1) is 18.6 Å². The third-order valence-electron chi connectivity index (χ3n) is 5.02. The maximum Gasteiger partial charge on any atom is 0.211 e. The molecule has 0 radical (unpaired) electrons. The van der Waals surface area contributed by atoms with Crippen LogP contribution in [0.1, 0.15) is 11.1 Å². The van der Waals surface area contributed by atoms with Gasteiger partial charge in [0.2, 0.25) is 15.3 Å². The number of aryl methyl sites for hydroxylation is 1. The highest BCUT2D eigenvalue weighted by Gasteiger charge is 2.24. The van der Waals surface area contributed by atoms with Gasteiger partial charge in [0.1, 0.15) is 16.5 Å². The van der Waals surface area contributed by atoms with E-state index in [1.165, 1.54) is 18.3 Å². The van der Waals surface area contributed by atoms with Crippen molar-refractivity contribution < 1.29 is 17.2 Å². The predicted molar refractivity (Wildman–Crippen MR) is 110 cm³/mol. The van der Waals surface area contributed by atoms with Gasteiger partial charge in [-0.3, -0.25) is 4.79 Å². The summed E-state index contributed by atoms with van der Waals surface area (Å²) in [6.07, 6.45) is 1.27. The number of sulfone groups is 1. The van der Waals surface area contributed by atoms with Crippen LogP contribution in [0.5, 0.6) is 0 Å². The molecule has 0 saturated heterocycles. The standard InChI is InChI=1S/C23H17F2NO3S/c1-15-4-2-3-5-16(15)13-26-14-22(23(27)20-12-18(25)8-11-21(20)26)30(28,29)19-9-6-17(24)7-10-19/h2-12,14H,13H2,1H3. The molecule has 0 fully saturated rings. The van der Waals surface area contributed by atoms with Crippen LogP contribution in [0.15, 0.2) is 87.5 Å². The molecule has 0 N–H and O–H groups in total. The minimum atomic E-state index is -4.24. The zero-order valence-corrected chi connectivity index (χ0v) is 16.8. The lowest BCUT2D eigenvalue weighted by atomic mass is 10.1. The molecule has 3 aromatic carbocycles. The van der Waals surface area contributed by atoms with E-state index in [-0.39, 0.29) is 10.3 Å². The van der Waals surface area contributed by atoms with Crippen LogP contribution < -0.4 is 5.43 Å². The monoisotopic (exact) mass is 425 g/mol. The van der Waals surface area contributed by atoms with Gasteiger partial charge < -0.3 is 4.57 Å². The molecular weight excluding hydrogens is 408 g/mol. The van der Waals surface area contributed by atoms with Crippen molar-refractivity contribution in [3.05, 3.63) is 106 Å². The number of pyridine rings is 1. The average molecular weight is 425 g/mol. The lowest BCUT2D eigenvalue weighted by Gasteiger charge is -2.15. The molecule has 0 aliphatic rings. The molecule has 0 saturated carbocycles. The molecule has 4 rings (SSSR count). The Morgan fingerprint density at radius 2 is 1.57 bits per heavy atom. The second-order valence-corrected chi connectivity index (χ2v) is 8.91. The summed E-state index contributed by atoms with van der Waals surface area (Å²) >= 11 is 0. The van der Waals surface area contributed by atoms with Crippen molar-refractivity contribution in [2.24, 2.45) is 0 Å². The van der Waals surface area contributed by atoms with E-state index in [0.29, 0.717) is 12.1 Å². The molecule has 0 unspecified atom stereocenters. The number of rotatable bonds is 4. The van der Waals surface area contributed by atoms with E-state index in [9.17, 15) is 22.0 Å². The molecule has 4 aromatic rings. The van der Waals surface area contributed by atoms with Gasteiger partial charge in [-0.25, -0.2) is 17.2 Å². The normalized spacial score (nSPS) is 11.7. The highest BCUT2D eigenvalue weighted by Crippen LogP contribution is 2.23. The Morgan fingerprint density at radius 3 is 2.27 bits per heavy atom. The van der Waals surface area contributed by atoms with Crippen molar-refractivity contribution in [1.82, 2.24) is 4.57 Å². The van der Waals surface area contributed by atoms with Crippen molar-refractivity contribution in [3.63, 3.8) is 0 Å². The van der Waals surface area contributed by atoms with Gasteiger partial charge >= 0.3 is 0 Å². The summed E-state index contributed by atoms with van der Waals surface area (Å²) in [7, 11) is -4.24. The fraction of sp³-hybridized carbons (Fsp3) is 0.0870. The summed E-state index contributed by atoms with van der Waals surface area (Å²) in [6.45, 7) is 2.22. The first-order chi connectivity index (χ1) is 14.3. The molecule has 0 spiro atoms. The van der Waals surface area contributed by atoms with Gasteiger partial charge in [-0.15, -0.1) is 0 Å². The minimum absolute atomic E-state index is 0.0354. The molecule has 4 nitrogen and oxygen atoms in total. The zero-order valence-electron chi connectivity index (χ0n) is 16.0. The first-order valence-corrected chi connectivity index (χ1v) is 10.6. The van der Waals surface area contributed by atoms with Crippen LogP contribution in [0.25, 0.3) is 10.9 Å². The van der Waals surface area contributed by atoms with Gasteiger partial charge in [0.15, 0.2) is 0 Å². The first-order valence-electron chi connectivity index (χ1n) is 9.15. The van der Waals surface area contributed by atoms with Gasteiger partial charge in [0.05, 0.1) is 10.4 Å². The van der Waals surface area contributed by atoms with Gasteiger partial charge in [-0.05, 0) is 60.5 Å². The van der Waals surface area contributed by atoms with E-state index in [1.807, 2.05) is 31.2 Å². The number of benzene rings is 3. The average Bonchev–Trinajstić information content (AvgIpc) is 2.72. The molecule has 0 bridgehead atoms. The molecule has 7 heteroatoms.